The quantitative estimate of drug-likeness (QED) is 0.613. The summed E-state index contributed by atoms with van der Waals surface area (Å²) < 4.78 is 36.6. The van der Waals surface area contributed by atoms with E-state index in [9.17, 15) is 13.5 Å². The van der Waals surface area contributed by atoms with E-state index in [0.717, 1.165) is 27.8 Å². The minimum Gasteiger partial charge on any atom is -0.483 e. The molecule has 2 aromatic heterocycles. The lowest BCUT2D eigenvalue weighted by Gasteiger charge is -2.25. The van der Waals surface area contributed by atoms with Gasteiger partial charge in [0.15, 0.2) is 11.9 Å². The first-order chi connectivity index (χ1) is 13.8. The Kier molecular flexibility index (Phi) is 5.39. The number of ether oxygens (including phenoxy) is 2. The highest BCUT2D eigenvalue weighted by Crippen LogP contribution is 2.43. The van der Waals surface area contributed by atoms with E-state index in [2.05, 4.69) is 9.71 Å². The van der Waals surface area contributed by atoms with Crippen LogP contribution < -0.4 is 14.2 Å². The highest BCUT2D eigenvalue weighted by atomic mass is 35.5. The van der Waals surface area contributed by atoms with Crippen molar-refractivity contribution in [1.29, 1.82) is 0 Å². The maximum Gasteiger partial charge on any atom is 0.258 e. The van der Waals surface area contributed by atoms with Crippen LogP contribution in [0, 0.1) is 0 Å². The summed E-state index contributed by atoms with van der Waals surface area (Å²) in [4.78, 5) is 5.13. The molecular formula is C19H17ClN2O5S2. The maximum absolute atomic E-state index is 11.4. The van der Waals surface area contributed by atoms with Crippen LogP contribution in [0.25, 0.3) is 21.6 Å². The number of sulfonamides is 1. The van der Waals surface area contributed by atoms with E-state index in [-0.39, 0.29) is 13.2 Å². The smallest absolute Gasteiger partial charge is 0.258 e. The third-order valence-corrected chi connectivity index (χ3v) is 6.10. The molecule has 0 aliphatic carbocycles. The van der Waals surface area contributed by atoms with Crippen molar-refractivity contribution in [3.8, 4) is 33.2 Å². The number of anilines is 1. The van der Waals surface area contributed by atoms with Crippen molar-refractivity contribution < 1.29 is 23.0 Å². The van der Waals surface area contributed by atoms with E-state index < -0.39 is 16.1 Å². The molecule has 1 aliphatic heterocycles. The molecule has 0 amide bonds. The van der Waals surface area contributed by atoms with Gasteiger partial charge in [0.25, 0.3) is 5.88 Å². The molecule has 1 aliphatic rings. The van der Waals surface area contributed by atoms with Crippen molar-refractivity contribution in [3.05, 3.63) is 46.9 Å². The van der Waals surface area contributed by atoms with Crippen LogP contribution >= 0.6 is 22.9 Å². The van der Waals surface area contributed by atoms with Crippen molar-refractivity contribution >= 4 is 38.6 Å². The summed E-state index contributed by atoms with van der Waals surface area (Å²) in [6.45, 7) is 0.109. The Hall–Kier alpha value is -2.33. The molecule has 0 saturated carbocycles. The molecule has 3 heterocycles. The molecule has 0 bridgehead atoms. The summed E-state index contributed by atoms with van der Waals surface area (Å²) in [7, 11) is -3.37. The number of fused-ring (bicyclic) bond motifs is 1. The number of halogens is 1. The van der Waals surface area contributed by atoms with E-state index in [4.69, 9.17) is 21.1 Å². The number of hydrogen-bond acceptors (Lipinski definition) is 7. The second-order valence-corrected chi connectivity index (χ2v) is 9.56. The molecule has 1 atom stereocenters. The van der Waals surface area contributed by atoms with Gasteiger partial charge in [-0.2, -0.15) is 0 Å². The number of nitrogens with zero attached hydrogens (tertiary/aromatic N) is 1. The predicted molar refractivity (Wildman–Crippen MR) is 113 cm³/mol. The highest BCUT2D eigenvalue weighted by Gasteiger charge is 2.25. The number of thiophene rings is 1. The summed E-state index contributed by atoms with van der Waals surface area (Å²) in [6.07, 6.45) is 2.29. The first-order valence-corrected chi connectivity index (χ1v) is 11.7. The molecule has 1 unspecified atom stereocenters. The van der Waals surface area contributed by atoms with Gasteiger partial charge < -0.3 is 14.6 Å². The van der Waals surface area contributed by atoms with Gasteiger partial charge in [-0.05, 0) is 35.2 Å². The monoisotopic (exact) mass is 452 g/mol. The lowest BCUT2D eigenvalue weighted by atomic mass is 10.1. The number of aliphatic hydroxyl groups is 1. The Labute approximate surface area is 176 Å². The molecule has 4 rings (SSSR count). The average Bonchev–Trinajstić information content (AvgIpc) is 3.15. The van der Waals surface area contributed by atoms with Crippen LogP contribution in [0.5, 0.6) is 11.6 Å². The first kappa shape index (κ1) is 20.0. The topological polar surface area (TPSA) is 97.8 Å². The zero-order valence-corrected chi connectivity index (χ0v) is 17.6. The van der Waals surface area contributed by atoms with E-state index in [1.54, 1.807) is 24.4 Å². The van der Waals surface area contributed by atoms with Gasteiger partial charge in [-0.15, -0.1) is 11.3 Å². The van der Waals surface area contributed by atoms with Crippen LogP contribution in [0.4, 0.5) is 5.69 Å². The van der Waals surface area contributed by atoms with Gasteiger partial charge in [0.1, 0.15) is 6.61 Å². The van der Waals surface area contributed by atoms with E-state index in [0.29, 0.717) is 22.3 Å². The van der Waals surface area contributed by atoms with Crippen LogP contribution in [0.15, 0.2) is 41.9 Å². The normalized spacial score (nSPS) is 15.9. The van der Waals surface area contributed by atoms with Crippen LogP contribution in [-0.2, 0) is 10.0 Å². The zero-order chi connectivity index (χ0) is 20.6. The van der Waals surface area contributed by atoms with Gasteiger partial charge in [0.2, 0.25) is 10.0 Å². The molecule has 0 radical (unpaired) electrons. The summed E-state index contributed by atoms with van der Waals surface area (Å²) >= 11 is 7.90. The van der Waals surface area contributed by atoms with Gasteiger partial charge in [-0.25, -0.2) is 13.4 Å². The summed E-state index contributed by atoms with van der Waals surface area (Å²) in [5.41, 5.74) is 2.93. The minimum absolute atomic E-state index is 0.142. The molecule has 0 spiro atoms. The van der Waals surface area contributed by atoms with Crippen molar-refractivity contribution in [2.45, 2.75) is 6.10 Å². The van der Waals surface area contributed by atoms with Gasteiger partial charge in [-0.3, -0.25) is 4.72 Å². The van der Waals surface area contributed by atoms with E-state index >= 15 is 0 Å². The molecule has 0 fully saturated rings. The van der Waals surface area contributed by atoms with Crippen molar-refractivity contribution in [2.24, 2.45) is 0 Å². The Balaban J connectivity index is 1.65. The highest BCUT2D eigenvalue weighted by molar-refractivity contribution is 7.92. The molecular weight excluding hydrogens is 436 g/mol. The molecule has 7 nitrogen and oxygen atoms in total. The Morgan fingerprint density at radius 2 is 2.14 bits per heavy atom. The SMILES string of the molecule is CS(=O)(=O)Nc1ccc(-c2csc(-c3ccnc4c3OCC(CO)O4)c2)c(Cl)c1. The van der Waals surface area contributed by atoms with Gasteiger partial charge in [0, 0.05) is 27.9 Å². The van der Waals surface area contributed by atoms with Crippen LogP contribution in [0.3, 0.4) is 0 Å². The number of pyridine rings is 1. The molecule has 2 N–H and O–H groups in total. The lowest BCUT2D eigenvalue weighted by molar-refractivity contribution is 0.0415. The van der Waals surface area contributed by atoms with Crippen LogP contribution in [-0.4, -0.2) is 44.1 Å². The van der Waals surface area contributed by atoms with E-state index in [1.165, 1.54) is 11.3 Å². The predicted octanol–water partition coefficient (Wildman–Crippen LogP) is 3.63. The first-order valence-electron chi connectivity index (χ1n) is 8.60. The average molecular weight is 453 g/mol. The standard InChI is InChI=1S/C19H17ClN2O5S2/c1-29(24,25)22-12-2-3-14(16(20)7-12)11-6-17(28-10-11)15-4-5-21-19-18(15)26-9-13(8-23)27-19/h2-7,10,13,22-23H,8-9H2,1H3. The molecule has 1 aromatic carbocycles. The molecule has 152 valence electrons. The van der Waals surface area contributed by atoms with Crippen LogP contribution in [0.1, 0.15) is 0 Å². The largest absolute Gasteiger partial charge is 0.483 e. The van der Waals surface area contributed by atoms with Gasteiger partial charge >= 0.3 is 0 Å². The second kappa shape index (κ2) is 7.83. The number of aliphatic hydroxyl groups excluding tert-OH is 1. The Morgan fingerprint density at radius 1 is 1.31 bits per heavy atom. The molecule has 0 saturated heterocycles. The molecule has 10 heteroatoms. The second-order valence-electron chi connectivity index (χ2n) is 6.49. The third kappa shape index (κ3) is 4.32. The van der Waals surface area contributed by atoms with Crippen LogP contribution in [0.2, 0.25) is 5.02 Å². The zero-order valence-electron chi connectivity index (χ0n) is 15.3. The molecule has 29 heavy (non-hydrogen) atoms. The Morgan fingerprint density at radius 3 is 2.86 bits per heavy atom. The van der Waals surface area contributed by atoms with Gasteiger partial charge in [-0.1, -0.05) is 17.7 Å². The van der Waals surface area contributed by atoms with Crippen molar-refractivity contribution in [2.75, 3.05) is 24.2 Å². The molecule has 3 aromatic rings. The number of nitrogens with one attached hydrogen (secondary N) is 1. The fraction of sp³-hybridized carbons (Fsp3) is 0.211. The van der Waals surface area contributed by atoms with E-state index in [1.807, 2.05) is 17.5 Å². The number of rotatable bonds is 5. The third-order valence-electron chi connectivity index (χ3n) is 4.22. The summed E-state index contributed by atoms with van der Waals surface area (Å²) in [5.74, 6) is 0.904. The van der Waals surface area contributed by atoms with Crippen molar-refractivity contribution in [1.82, 2.24) is 4.98 Å². The fourth-order valence-corrected chi connectivity index (χ4v) is 4.73. The number of aromatic nitrogens is 1. The minimum atomic E-state index is -3.37. The number of benzene rings is 1. The van der Waals surface area contributed by atoms with Crippen molar-refractivity contribution in [3.63, 3.8) is 0 Å². The lowest BCUT2D eigenvalue weighted by Crippen LogP contribution is -2.32. The summed E-state index contributed by atoms with van der Waals surface area (Å²) in [6, 6.07) is 8.84. The van der Waals surface area contributed by atoms with Gasteiger partial charge in [0.05, 0.1) is 17.9 Å². The fourth-order valence-electron chi connectivity index (χ4n) is 2.95. The summed E-state index contributed by atoms with van der Waals surface area (Å²) in [5, 5.41) is 11.7. The Bertz CT molecular complexity index is 1160. The maximum atomic E-state index is 11.4. The number of hydrogen-bond donors (Lipinski definition) is 2.